The summed E-state index contributed by atoms with van der Waals surface area (Å²) < 4.78 is 37.6. The van der Waals surface area contributed by atoms with Gasteiger partial charge in [0.15, 0.2) is 5.69 Å². The van der Waals surface area contributed by atoms with Crippen molar-refractivity contribution in [2.75, 3.05) is 5.73 Å². The molecule has 1 aromatic rings. The Morgan fingerprint density at radius 2 is 2.00 bits per heavy atom. The highest BCUT2D eigenvalue weighted by Crippen LogP contribution is 2.27. The number of hydrogen-bond donors (Lipinski definition) is 1. The second-order valence-corrected chi connectivity index (χ2v) is 3.30. The van der Waals surface area contributed by atoms with Crippen LogP contribution in [-0.2, 0) is 6.18 Å². The molecule has 0 bridgehead atoms. The number of aromatic nitrogens is 2. The number of anilines is 1. The molecular weight excluding hydrogens is 211 g/mol. The minimum atomic E-state index is -4.65. The molecule has 0 atom stereocenters. The lowest BCUT2D eigenvalue weighted by atomic mass is 10.3. The second kappa shape index (κ2) is 3.56. The number of alkyl halides is 3. The van der Waals surface area contributed by atoms with Gasteiger partial charge in [-0.05, 0) is 13.8 Å². The van der Waals surface area contributed by atoms with Crippen LogP contribution in [-0.4, -0.2) is 9.55 Å². The highest BCUT2D eigenvalue weighted by Gasteiger charge is 2.34. The predicted octanol–water partition coefficient (Wildman–Crippen LogP) is 1.43. The minimum absolute atomic E-state index is 0.327. The highest BCUT2D eigenvalue weighted by molar-refractivity contribution is 5.22. The van der Waals surface area contributed by atoms with E-state index >= 15 is 0 Å². The summed E-state index contributed by atoms with van der Waals surface area (Å²) in [6.07, 6.45) is -4.65. The largest absolute Gasteiger partial charge is 0.433 e. The number of rotatable bonds is 1. The first-order valence-corrected chi connectivity index (χ1v) is 4.19. The Balaban J connectivity index is 3.39. The third-order valence-electron chi connectivity index (χ3n) is 1.79. The molecule has 7 heteroatoms. The van der Waals surface area contributed by atoms with E-state index < -0.39 is 23.4 Å². The number of nitrogens with two attached hydrogens (primary N) is 1. The number of nitrogens with zero attached hydrogens (tertiary/aromatic N) is 2. The Labute approximate surface area is 83.5 Å². The molecule has 0 radical (unpaired) electrons. The summed E-state index contributed by atoms with van der Waals surface area (Å²) in [5.41, 5.74) is 3.21. The molecule has 0 fully saturated rings. The number of nitrogen functional groups attached to an aromatic ring is 1. The van der Waals surface area contributed by atoms with E-state index in [0.717, 1.165) is 4.57 Å². The van der Waals surface area contributed by atoms with Crippen molar-refractivity contribution in [1.82, 2.24) is 9.55 Å². The molecule has 0 amide bonds. The molecule has 1 heterocycles. The lowest BCUT2D eigenvalue weighted by molar-refractivity contribution is -0.141. The average Bonchev–Trinajstić information content (AvgIpc) is 1.99. The topological polar surface area (TPSA) is 60.9 Å². The van der Waals surface area contributed by atoms with Gasteiger partial charge in [0.2, 0.25) is 5.95 Å². The first-order valence-electron chi connectivity index (χ1n) is 4.19. The van der Waals surface area contributed by atoms with Crippen LogP contribution >= 0.6 is 0 Å². The molecule has 0 aliphatic heterocycles. The van der Waals surface area contributed by atoms with Gasteiger partial charge in [-0.1, -0.05) is 0 Å². The zero-order chi connectivity index (χ0) is 11.8. The second-order valence-electron chi connectivity index (χ2n) is 3.30. The van der Waals surface area contributed by atoms with Crippen LogP contribution in [0.4, 0.5) is 19.1 Å². The molecule has 0 saturated heterocycles. The summed E-state index contributed by atoms with van der Waals surface area (Å²) in [6.45, 7) is 3.26. The Hall–Kier alpha value is -1.53. The van der Waals surface area contributed by atoms with Gasteiger partial charge >= 0.3 is 6.18 Å². The van der Waals surface area contributed by atoms with Gasteiger partial charge in [-0.2, -0.15) is 13.2 Å². The van der Waals surface area contributed by atoms with Crippen molar-refractivity contribution in [2.24, 2.45) is 0 Å². The molecule has 1 rings (SSSR count). The molecule has 0 spiro atoms. The summed E-state index contributed by atoms with van der Waals surface area (Å²) in [4.78, 5) is 14.4. The van der Waals surface area contributed by atoms with Gasteiger partial charge in [0, 0.05) is 12.1 Å². The molecular formula is C8H10F3N3O. The SMILES string of the molecule is CC(C)n1c(N)nc(C(F)(F)F)cc1=O. The normalized spacial score (nSPS) is 12.1. The average molecular weight is 221 g/mol. The van der Waals surface area contributed by atoms with E-state index in [9.17, 15) is 18.0 Å². The molecule has 4 nitrogen and oxygen atoms in total. The predicted molar refractivity (Wildman–Crippen MR) is 48.3 cm³/mol. The monoisotopic (exact) mass is 221 g/mol. The fourth-order valence-corrected chi connectivity index (χ4v) is 1.17. The van der Waals surface area contributed by atoms with Crippen LogP contribution in [0, 0.1) is 0 Å². The van der Waals surface area contributed by atoms with E-state index in [1.54, 1.807) is 13.8 Å². The van der Waals surface area contributed by atoms with E-state index in [1.807, 2.05) is 0 Å². The van der Waals surface area contributed by atoms with Crippen molar-refractivity contribution in [3.05, 3.63) is 22.1 Å². The molecule has 2 N–H and O–H groups in total. The summed E-state index contributed by atoms with van der Waals surface area (Å²) >= 11 is 0. The quantitative estimate of drug-likeness (QED) is 0.780. The van der Waals surface area contributed by atoms with E-state index in [2.05, 4.69) is 4.98 Å². The summed E-state index contributed by atoms with van der Waals surface area (Å²) in [6, 6.07) is 0.114. The van der Waals surface area contributed by atoms with E-state index in [-0.39, 0.29) is 6.04 Å². The number of hydrogen-bond acceptors (Lipinski definition) is 3. The van der Waals surface area contributed by atoms with Gasteiger partial charge in [0.1, 0.15) is 0 Å². The Bertz CT molecular complexity index is 422. The maximum atomic E-state index is 12.2. The van der Waals surface area contributed by atoms with Crippen LogP contribution in [0.1, 0.15) is 25.6 Å². The molecule has 0 aliphatic carbocycles. The molecule has 0 aromatic carbocycles. The van der Waals surface area contributed by atoms with Gasteiger partial charge in [0.05, 0.1) is 0 Å². The first-order chi connectivity index (χ1) is 6.73. The minimum Gasteiger partial charge on any atom is -0.369 e. The van der Waals surface area contributed by atoms with Gasteiger partial charge in [0.25, 0.3) is 5.56 Å². The lowest BCUT2D eigenvalue weighted by Gasteiger charge is -2.14. The van der Waals surface area contributed by atoms with E-state index in [4.69, 9.17) is 5.73 Å². The van der Waals surface area contributed by atoms with Crippen molar-refractivity contribution in [3.63, 3.8) is 0 Å². The zero-order valence-electron chi connectivity index (χ0n) is 8.17. The Morgan fingerprint density at radius 3 is 2.33 bits per heavy atom. The van der Waals surface area contributed by atoms with Gasteiger partial charge in [-0.25, -0.2) is 4.98 Å². The molecule has 1 aromatic heterocycles. The number of halogens is 3. The van der Waals surface area contributed by atoms with E-state index in [1.165, 1.54) is 0 Å². The third-order valence-corrected chi connectivity index (χ3v) is 1.79. The van der Waals surface area contributed by atoms with Crippen molar-refractivity contribution in [3.8, 4) is 0 Å². The van der Waals surface area contributed by atoms with Crippen molar-refractivity contribution in [2.45, 2.75) is 26.1 Å². The van der Waals surface area contributed by atoms with Crippen LogP contribution in [0.25, 0.3) is 0 Å². The standard InChI is InChI=1S/C8H10F3N3O/c1-4(2)14-6(15)3-5(8(9,10)11)13-7(14)12/h3-4H,1-2H3,(H2,12,13). The summed E-state index contributed by atoms with van der Waals surface area (Å²) in [5.74, 6) is -0.426. The van der Waals surface area contributed by atoms with Crippen molar-refractivity contribution >= 4 is 5.95 Å². The van der Waals surface area contributed by atoms with Crippen molar-refractivity contribution in [1.29, 1.82) is 0 Å². The maximum Gasteiger partial charge on any atom is 0.433 e. The van der Waals surface area contributed by atoms with Crippen LogP contribution in [0.15, 0.2) is 10.9 Å². The zero-order valence-corrected chi connectivity index (χ0v) is 8.17. The van der Waals surface area contributed by atoms with Gasteiger partial charge in [-0.3, -0.25) is 9.36 Å². The van der Waals surface area contributed by atoms with Crippen LogP contribution in [0.5, 0.6) is 0 Å². The van der Waals surface area contributed by atoms with Crippen LogP contribution in [0.3, 0.4) is 0 Å². The fourth-order valence-electron chi connectivity index (χ4n) is 1.17. The van der Waals surface area contributed by atoms with Crippen LogP contribution < -0.4 is 11.3 Å². The molecule has 0 saturated carbocycles. The summed E-state index contributed by atoms with van der Waals surface area (Å²) in [5, 5.41) is 0. The molecule has 84 valence electrons. The fraction of sp³-hybridized carbons (Fsp3) is 0.500. The highest BCUT2D eigenvalue weighted by atomic mass is 19.4. The lowest BCUT2D eigenvalue weighted by Crippen LogP contribution is -2.28. The summed E-state index contributed by atoms with van der Waals surface area (Å²) in [7, 11) is 0. The van der Waals surface area contributed by atoms with E-state index in [0.29, 0.717) is 6.07 Å². The van der Waals surface area contributed by atoms with Gasteiger partial charge < -0.3 is 5.73 Å². The first kappa shape index (κ1) is 11.5. The van der Waals surface area contributed by atoms with Crippen LogP contribution in [0.2, 0.25) is 0 Å². The molecule has 15 heavy (non-hydrogen) atoms. The maximum absolute atomic E-state index is 12.2. The molecule has 0 aliphatic rings. The van der Waals surface area contributed by atoms with Crippen molar-refractivity contribution < 1.29 is 13.2 Å². The Morgan fingerprint density at radius 1 is 1.47 bits per heavy atom. The Kier molecular flexibility index (Phi) is 2.74. The van der Waals surface area contributed by atoms with Gasteiger partial charge in [-0.15, -0.1) is 0 Å². The third kappa shape index (κ3) is 2.28. The smallest absolute Gasteiger partial charge is 0.369 e. The molecule has 0 unspecified atom stereocenters.